The van der Waals surface area contributed by atoms with E-state index in [1.165, 1.54) is 64.5 Å². The molecular formula is C13H31NO3S. The summed E-state index contributed by atoms with van der Waals surface area (Å²) in [5.74, 6) is 0. The van der Waals surface area contributed by atoms with Gasteiger partial charge in [-0.1, -0.05) is 39.5 Å². The van der Waals surface area contributed by atoms with Gasteiger partial charge in [0.05, 0.1) is 23.2 Å². The highest BCUT2D eigenvalue weighted by Crippen LogP contribution is 1.96. The SMILES string of the molecule is CCCCCC[NH2+]CCCCCC.CS(=O)(=O)[O-]. The number of hydrogen-bond acceptors (Lipinski definition) is 3. The van der Waals surface area contributed by atoms with Gasteiger partial charge in [0.15, 0.2) is 0 Å². The van der Waals surface area contributed by atoms with Gasteiger partial charge in [-0.25, -0.2) is 8.42 Å². The van der Waals surface area contributed by atoms with Crippen LogP contribution in [0.4, 0.5) is 0 Å². The van der Waals surface area contributed by atoms with Crippen LogP contribution in [-0.2, 0) is 10.1 Å². The van der Waals surface area contributed by atoms with Crippen molar-refractivity contribution in [3.63, 3.8) is 0 Å². The lowest BCUT2D eigenvalue weighted by atomic mass is 10.2. The highest BCUT2D eigenvalue weighted by molar-refractivity contribution is 7.84. The van der Waals surface area contributed by atoms with Crippen LogP contribution in [0.3, 0.4) is 0 Å². The monoisotopic (exact) mass is 281 g/mol. The van der Waals surface area contributed by atoms with E-state index in [1.54, 1.807) is 0 Å². The average Bonchev–Trinajstić information content (AvgIpc) is 2.25. The fourth-order valence-corrected chi connectivity index (χ4v) is 1.58. The maximum absolute atomic E-state index is 9.08. The van der Waals surface area contributed by atoms with Crippen molar-refractivity contribution in [1.82, 2.24) is 0 Å². The smallest absolute Gasteiger partial charge is 0.0916 e. The van der Waals surface area contributed by atoms with E-state index >= 15 is 0 Å². The maximum Gasteiger partial charge on any atom is 0.0916 e. The molecule has 0 aromatic heterocycles. The molecule has 0 fully saturated rings. The fourth-order valence-electron chi connectivity index (χ4n) is 1.58. The molecule has 0 rings (SSSR count). The van der Waals surface area contributed by atoms with Gasteiger partial charge in [0.1, 0.15) is 0 Å². The molecule has 0 aliphatic carbocycles. The van der Waals surface area contributed by atoms with Crippen LogP contribution in [0, 0.1) is 0 Å². The molecule has 0 aliphatic rings. The van der Waals surface area contributed by atoms with Crippen molar-refractivity contribution in [3.8, 4) is 0 Å². The van der Waals surface area contributed by atoms with Crippen LogP contribution in [0.5, 0.6) is 0 Å². The summed E-state index contributed by atoms with van der Waals surface area (Å²) in [5.41, 5.74) is 0. The molecule has 0 radical (unpaired) electrons. The van der Waals surface area contributed by atoms with Gasteiger partial charge < -0.3 is 9.87 Å². The quantitative estimate of drug-likeness (QED) is 0.491. The van der Waals surface area contributed by atoms with Crippen molar-refractivity contribution in [2.75, 3.05) is 19.3 Å². The zero-order chi connectivity index (χ0) is 14.3. The van der Waals surface area contributed by atoms with Gasteiger partial charge in [-0.3, -0.25) is 0 Å². The molecule has 0 bridgehead atoms. The Bertz CT molecular complexity index is 223. The molecule has 0 saturated heterocycles. The second-order valence-corrected chi connectivity index (χ2v) is 6.10. The molecule has 0 saturated carbocycles. The minimum absolute atomic E-state index is 0.604. The number of rotatable bonds is 10. The summed E-state index contributed by atoms with van der Waals surface area (Å²) in [4.78, 5) is 0. The van der Waals surface area contributed by atoms with Gasteiger partial charge in [0.2, 0.25) is 0 Å². The Morgan fingerprint density at radius 1 is 0.833 bits per heavy atom. The Hall–Kier alpha value is -0.130. The number of unbranched alkanes of at least 4 members (excludes halogenated alkanes) is 6. The first-order chi connectivity index (χ1) is 8.41. The van der Waals surface area contributed by atoms with Crippen molar-refractivity contribution in [3.05, 3.63) is 0 Å². The van der Waals surface area contributed by atoms with Gasteiger partial charge in [-0.05, 0) is 25.7 Å². The molecule has 4 nitrogen and oxygen atoms in total. The first-order valence-corrected chi connectivity index (χ1v) is 8.96. The standard InChI is InChI=1S/C12H27N.CH4O3S/c1-3-5-7-9-11-13-12-10-8-6-4-2;1-5(2,3)4/h13H,3-12H2,1-2H3;1H3,(H,2,3,4). The third-order valence-electron chi connectivity index (χ3n) is 2.52. The zero-order valence-corrected chi connectivity index (χ0v) is 13.1. The van der Waals surface area contributed by atoms with Crippen LogP contribution in [0.25, 0.3) is 0 Å². The average molecular weight is 281 g/mol. The minimum Gasteiger partial charge on any atom is -0.748 e. The van der Waals surface area contributed by atoms with E-state index in [4.69, 9.17) is 13.0 Å². The molecule has 0 unspecified atom stereocenters. The summed E-state index contributed by atoms with van der Waals surface area (Å²) >= 11 is 0. The van der Waals surface area contributed by atoms with E-state index in [-0.39, 0.29) is 0 Å². The first kappa shape index (κ1) is 20.2. The summed E-state index contributed by atoms with van der Waals surface area (Å²) < 4.78 is 27.2. The van der Waals surface area contributed by atoms with Crippen molar-refractivity contribution in [2.45, 2.75) is 65.2 Å². The van der Waals surface area contributed by atoms with Crippen LogP contribution < -0.4 is 5.32 Å². The lowest BCUT2D eigenvalue weighted by Crippen LogP contribution is -2.84. The molecule has 112 valence electrons. The van der Waals surface area contributed by atoms with Gasteiger partial charge in [-0.2, -0.15) is 0 Å². The van der Waals surface area contributed by atoms with E-state index in [0.29, 0.717) is 6.26 Å². The van der Waals surface area contributed by atoms with Crippen molar-refractivity contribution in [2.24, 2.45) is 0 Å². The Kier molecular flexibility index (Phi) is 16.7. The zero-order valence-electron chi connectivity index (χ0n) is 12.3. The van der Waals surface area contributed by atoms with Gasteiger partial charge in [0, 0.05) is 6.26 Å². The topological polar surface area (TPSA) is 73.8 Å². The second-order valence-electron chi connectivity index (χ2n) is 4.69. The summed E-state index contributed by atoms with van der Waals surface area (Å²) in [7, 11) is -3.92. The Balaban J connectivity index is 0. The predicted molar refractivity (Wildman–Crippen MR) is 75.6 cm³/mol. The summed E-state index contributed by atoms with van der Waals surface area (Å²) in [6.45, 7) is 7.25. The normalized spacial score (nSPS) is 10.9. The van der Waals surface area contributed by atoms with Crippen LogP contribution in [0.15, 0.2) is 0 Å². The van der Waals surface area contributed by atoms with Gasteiger partial charge in [-0.15, -0.1) is 0 Å². The van der Waals surface area contributed by atoms with E-state index in [1.807, 2.05) is 0 Å². The molecule has 2 N–H and O–H groups in total. The Morgan fingerprint density at radius 3 is 1.44 bits per heavy atom. The summed E-state index contributed by atoms with van der Waals surface area (Å²) in [6, 6.07) is 0. The van der Waals surface area contributed by atoms with Crippen LogP contribution in [0.2, 0.25) is 0 Å². The lowest BCUT2D eigenvalue weighted by Gasteiger charge is -2.00. The fraction of sp³-hybridized carbons (Fsp3) is 1.00. The first-order valence-electron chi connectivity index (χ1n) is 7.14. The van der Waals surface area contributed by atoms with Crippen LogP contribution in [0.1, 0.15) is 65.2 Å². The molecule has 0 aromatic rings. The molecular weight excluding hydrogens is 250 g/mol. The second kappa shape index (κ2) is 14.9. The molecule has 0 aromatic carbocycles. The predicted octanol–water partition coefficient (Wildman–Crippen LogP) is 1.87. The molecule has 0 heterocycles. The highest BCUT2D eigenvalue weighted by atomic mass is 32.2. The largest absolute Gasteiger partial charge is 0.748 e. The molecule has 0 amide bonds. The molecule has 18 heavy (non-hydrogen) atoms. The molecule has 0 atom stereocenters. The summed E-state index contributed by atoms with van der Waals surface area (Å²) in [6.07, 6.45) is 11.9. The van der Waals surface area contributed by atoms with Gasteiger partial charge in [0.25, 0.3) is 0 Å². The molecule has 0 aliphatic heterocycles. The number of hydrogen-bond donors (Lipinski definition) is 1. The molecule has 0 spiro atoms. The highest BCUT2D eigenvalue weighted by Gasteiger charge is 1.92. The summed E-state index contributed by atoms with van der Waals surface area (Å²) in [5, 5.41) is 2.49. The minimum atomic E-state index is -3.92. The van der Waals surface area contributed by atoms with Crippen molar-refractivity contribution < 1.29 is 18.3 Å². The number of quaternary nitrogens is 1. The van der Waals surface area contributed by atoms with Crippen molar-refractivity contribution >= 4 is 10.1 Å². The van der Waals surface area contributed by atoms with Crippen molar-refractivity contribution in [1.29, 1.82) is 0 Å². The van der Waals surface area contributed by atoms with Crippen LogP contribution in [-0.4, -0.2) is 32.3 Å². The number of nitrogens with two attached hydrogens (primary N) is 1. The van der Waals surface area contributed by atoms with E-state index < -0.39 is 10.1 Å². The Morgan fingerprint density at radius 2 is 1.17 bits per heavy atom. The van der Waals surface area contributed by atoms with Gasteiger partial charge >= 0.3 is 0 Å². The molecule has 5 heteroatoms. The van der Waals surface area contributed by atoms with E-state index in [0.717, 1.165) is 0 Å². The van der Waals surface area contributed by atoms with E-state index in [2.05, 4.69) is 19.2 Å². The third-order valence-corrected chi connectivity index (χ3v) is 2.52. The lowest BCUT2D eigenvalue weighted by molar-refractivity contribution is -0.655. The van der Waals surface area contributed by atoms with E-state index in [9.17, 15) is 0 Å². The Labute approximate surface area is 113 Å². The third kappa shape index (κ3) is 36.0. The van der Waals surface area contributed by atoms with Crippen LogP contribution >= 0.6 is 0 Å². The maximum atomic E-state index is 9.08.